The first-order valence-corrected chi connectivity index (χ1v) is 17.4. The van der Waals surface area contributed by atoms with E-state index >= 15 is 0 Å². The third-order valence-electron chi connectivity index (χ3n) is 8.32. The molecule has 4 unspecified atom stereocenters. The quantitative estimate of drug-likeness (QED) is 0.196. The molecule has 10 heteroatoms. The van der Waals surface area contributed by atoms with Crippen molar-refractivity contribution in [2.24, 2.45) is 11.8 Å². The lowest BCUT2D eigenvalue weighted by Crippen LogP contribution is -2.59. The van der Waals surface area contributed by atoms with Crippen LogP contribution in [0.15, 0.2) is 60.7 Å². The number of hydrogen-bond acceptors (Lipinski definition) is 6. The van der Waals surface area contributed by atoms with E-state index in [0.29, 0.717) is 19.3 Å². The molecule has 1 aliphatic heterocycles. The number of rotatable bonds is 12. The first kappa shape index (κ1) is 38.2. The molecule has 0 aromatic heterocycles. The highest BCUT2D eigenvalue weighted by molar-refractivity contribution is 5.95. The summed E-state index contributed by atoms with van der Waals surface area (Å²) in [5.74, 6) is -2.54. The highest BCUT2D eigenvalue weighted by Crippen LogP contribution is 2.16. The van der Waals surface area contributed by atoms with Gasteiger partial charge in [0.05, 0.1) is 6.42 Å². The van der Waals surface area contributed by atoms with Gasteiger partial charge in [0.15, 0.2) is 0 Å². The largest absolute Gasteiger partial charge is 0.460 e. The molecule has 3 rings (SSSR count). The molecular formula is C38H54N4O6. The van der Waals surface area contributed by atoms with Crippen molar-refractivity contribution < 1.29 is 28.7 Å². The normalized spacial score (nSPS) is 23.2. The van der Waals surface area contributed by atoms with Crippen LogP contribution >= 0.6 is 0 Å². The van der Waals surface area contributed by atoms with Crippen LogP contribution in [0.25, 0.3) is 0 Å². The van der Waals surface area contributed by atoms with Crippen molar-refractivity contribution in [2.45, 2.75) is 123 Å². The number of benzene rings is 2. The second kappa shape index (κ2) is 19.6. The summed E-state index contributed by atoms with van der Waals surface area (Å²) >= 11 is 0. The molecule has 0 saturated carbocycles. The summed E-state index contributed by atoms with van der Waals surface area (Å²) < 4.78 is 5.96. The second-order valence-electron chi connectivity index (χ2n) is 13.7. The Morgan fingerprint density at radius 1 is 0.625 bits per heavy atom. The van der Waals surface area contributed by atoms with Gasteiger partial charge in [-0.25, -0.2) is 4.79 Å². The van der Waals surface area contributed by atoms with E-state index in [9.17, 15) is 24.0 Å². The van der Waals surface area contributed by atoms with Crippen molar-refractivity contribution in [1.82, 2.24) is 21.3 Å². The molecule has 0 aliphatic carbocycles. The van der Waals surface area contributed by atoms with Crippen molar-refractivity contribution in [3.8, 4) is 0 Å². The fourth-order valence-electron chi connectivity index (χ4n) is 5.86. The van der Waals surface area contributed by atoms with Crippen LogP contribution in [0.1, 0.15) is 90.7 Å². The Labute approximate surface area is 285 Å². The molecule has 0 radical (unpaired) electrons. The number of unbranched alkanes of at least 4 members (excludes halogenated alkanes) is 2. The van der Waals surface area contributed by atoms with Crippen LogP contribution in [0, 0.1) is 11.8 Å². The Hall–Kier alpha value is -4.21. The van der Waals surface area contributed by atoms with E-state index in [2.05, 4.69) is 28.2 Å². The molecule has 4 amide bonds. The van der Waals surface area contributed by atoms with Gasteiger partial charge in [0.1, 0.15) is 30.3 Å². The SMILES string of the molecule is CCCCCC1CC(=O)NC(CC(C)C)C(=O)N[C@@H](Cc2ccccc2)C(=O)NC(CC(C)C)C(=O)NC(Cc2ccccc2)C(=O)O1. The number of ether oxygens (including phenoxy) is 1. The number of cyclic esters (lactones) is 1. The molecule has 2 aromatic rings. The smallest absolute Gasteiger partial charge is 0.329 e. The highest BCUT2D eigenvalue weighted by Gasteiger charge is 2.34. The number of esters is 1. The van der Waals surface area contributed by atoms with Crippen molar-refractivity contribution in [1.29, 1.82) is 0 Å². The molecule has 0 bridgehead atoms. The van der Waals surface area contributed by atoms with Crippen molar-refractivity contribution in [3.05, 3.63) is 71.8 Å². The minimum absolute atomic E-state index is 0.0296. The molecule has 5 atom stereocenters. The third-order valence-corrected chi connectivity index (χ3v) is 8.32. The monoisotopic (exact) mass is 662 g/mol. The average molecular weight is 663 g/mol. The molecule has 1 saturated heterocycles. The third kappa shape index (κ3) is 13.1. The zero-order chi connectivity index (χ0) is 35.1. The lowest BCUT2D eigenvalue weighted by molar-refractivity contribution is -0.155. The first-order valence-electron chi connectivity index (χ1n) is 17.4. The van der Waals surface area contributed by atoms with Gasteiger partial charge < -0.3 is 26.0 Å². The van der Waals surface area contributed by atoms with Crippen molar-refractivity contribution in [2.75, 3.05) is 0 Å². The Morgan fingerprint density at radius 2 is 1.08 bits per heavy atom. The standard InChI is InChI=1S/C38H54N4O6/c1-6-7-10-19-29-24-34(43)39-30(20-25(2)3)35(44)41-32(22-27-15-11-8-12-16-27)37(46)40-31(21-26(4)5)36(45)42-33(38(47)48-29)23-28-17-13-9-14-18-28/h8-9,11-18,25-26,29-33H,6-7,10,19-24H2,1-5H3,(H,39,43)(H,40,46)(H,41,44)(H,42,45)/t29?,30?,31?,32-,33?/m0/s1. The lowest BCUT2D eigenvalue weighted by Gasteiger charge is -2.29. The molecule has 1 fully saturated rings. The molecule has 2 aromatic carbocycles. The van der Waals surface area contributed by atoms with Crippen molar-refractivity contribution in [3.63, 3.8) is 0 Å². The second-order valence-corrected chi connectivity index (χ2v) is 13.7. The maximum atomic E-state index is 13.9. The van der Waals surface area contributed by atoms with Gasteiger partial charge in [-0.05, 0) is 48.6 Å². The van der Waals surface area contributed by atoms with E-state index in [1.165, 1.54) is 0 Å². The summed E-state index contributed by atoms with van der Waals surface area (Å²) in [7, 11) is 0. The van der Waals surface area contributed by atoms with Crippen molar-refractivity contribution >= 4 is 29.6 Å². The lowest BCUT2D eigenvalue weighted by atomic mass is 9.98. The highest BCUT2D eigenvalue weighted by atomic mass is 16.5. The molecule has 1 aliphatic rings. The van der Waals surface area contributed by atoms with Crippen LogP contribution in [0.2, 0.25) is 0 Å². The molecule has 10 nitrogen and oxygen atoms in total. The number of carbonyl (C=O) groups excluding carboxylic acids is 5. The predicted molar refractivity (Wildman–Crippen MR) is 186 cm³/mol. The van der Waals surface area contributed by atoms with Gasteiger partial charge in [-0.15, -0.1) is 0 Å². The van der Waals surface area contributed by atoms with Crippen LogP contribution in [0.4, 0.5) is 0 Å². The summed E-state index contributed by atoms with van der Waals surface area (Å²) in [5.41, 5.74) is 1.64. The zero-order valence-corrected chi connectivity index (χ0v) is 29.1. The van der Waals surface area contributed by atoms with E-state index in [4.69, 9.17) is 4.74 Å². The average Bonchev–Trinajstić information content (AvgIpc) is 3.03. The summed E-state index contributed by atoms with van der Waals surface area (Å²) in [4.78, 5) is 68.8. The summed E-state index contributed by atoms with van der Waals surface area (Å²) in [6, 6.07) is 14.6. The fraction of sp³-hybridized carbons (Fsp3) is 0.553. The van der Waals surface area contributed by atoms with Gasteiger partial charge in [0.2, 0.25) is 23.6 Å². The van der Waals surface area contributed by atoms with E-state index in [1.807, 2.05) is 88.4 Å². The van der Waals surface area contributed by atoms with Crippen LogP contribution in [-0.2, 0) is 41.6 Å². The molecular weight excluding hydrogens is 608 g/mol. The van der Waals surface area contributed by atoms with Gasteiger partial charge in [0, 0.05) is 12.8 Å². The fourth-order valence-corrected chi connectivity index (χ4v) is 5.86. The van der Waals surface area contributed by atoms with E-state index in [0.717, 1.165) is 30.4 Å². The van der Waals surface area contributed by atoms with Gasteiger partial charge in [-0.1, -0.05) is 108 Å². The molecule has 0 spiro atoms. The number of amides is 4. The Kier molecular flexibility index (Phi) is 15.6. The molecule has 1 heterocycles. The van der Waals surface area contributed by atoms with Gasteiger partial charge in [-0.2, -0.15) is 0 Å². The number of hydrogen-bond donors (Lipinski definition) is 4. The Morgan fingerprint density at radius 3 is 1.60 bits per heavy atom. The van der Waals surface area contributed by atoms with Crippen LogP contribution in [-0.4, -0.2) is 59.9 Å². The van der Waals surface area contributed by atoms with Crippen LogP contribution < -0.4 is 21.3 Å². The summed E-state index contributed by atoms with van der Waals surface area (Å²) in [5, 5.41) is 11.5. The van der Waals surface area contributed by atoms with E-state index < -0.39 is 59.9 Å². The Balaban J connectivity index is 2.04. The minimum atomic E-state index is -1.05. The molecule has 262 valence electrons. The molecule has 4 N–H and O–H groups in total. The number of nitrogens with one attached hydrogen (secondary N) is 4. The van der Waals surface area contributed by atoms with Gasteiger partial charge in [0.25, 0.3) is 0 Å². The zero-order valence-electron chi connectivity index (χ0n) is 29.1. The number of carbonyl (C=O) groups is 5. The van der Waals surface area contributed by atoms with Gasteiger partial charge in [-0.3, -0.25) is 19.2 Å². The summed E-state index contributed by atoms with van der Waals surface area (Å²) in [6.45, 7) is 9.85. The first-order chi connectivity index (χ1) is 22.9. The topological polar surface area (TPSA) is 143 Å². The van der Waals surface area contributed by atoms with E-state index in [-0.39, 0.29) is 31.1 Å². The molecule has 48 heavy (non-hydrogen) atoms. The van der Waals surface area contributed by atoms with Crippen LogP contribution in [0.3, 0.4) is 0 Å². The maximum absolute atomic E-state index is 13.9. The maximum Gasteiger partial charge on any atom is 0.329 e. The predicted octanol–water partition coefficient (Wildman–Crippen LogP) is 4.40. The Bertz CT molecular complexity index is 1330. The van der Waals surface area contributed by atoms with E-state index in [1.54, 1.807) is 0 Å². The summed E-state index contributed by atoms with van der Waals surface area (Å²) in [6.07, 6.45) is 3.18. The minimum Gasteiger partial charge on any atom is -0.460 e. The van der Waals surface area contributed by atoms with Crippen LogP contribution in [0.5, 0.6) is 0 Å². The van der Waals surface area contributed by atoms with Gasteiger partial charge >= 0.3 is 5.97 Å².